The van der Waals surface area contributed by atoms with Gasteiger partial charge in [-0.15, -0.1) is 0 Å². The highest BCUT2D eigenvalue weighted by molar-refractivity contribution is 8.76. The van der Waals surface area contributed by atoms with Crippen LogP contribution in [-0.2, 0) is 9.59 Å². The molecule has 0 aliphatic rings. The molecule has 3 N–H and O–H groups in total. The molecule has 1 heterocycles. The molecule has 0 bridgehead atoms. The molecule has 0 saturated carbocycles. The number of aliphatic carboxylic acids is 2. The molecule has 1 amide bonds. The number of rotatable bonds is 9. The summed E-state index contributed by atoms with van der Waals surface area (Å²) in [6.45, 7) is 2.33. The predicted molar refractivity (Wildman–Crippen MR) is 98.7 cm³/mol. The fraction of sp³-hybridized carbons (Fsp3) is 0.467. The number of nitrogens with zero attached hydrogens (tertiary/aromatic N) is 1. The molecule has 0 aliphatic carbocycles. The van der Waals surface area contributed by atoms with Crippen LogP contribution in [0.2, 0.25) is 0 Å². The number of carbonyl (C=O) groups excluding carboxylic acids is 1. The minimum atomic E-state index is -5.08. The van der Waals surface area contributed by atoms with Crippen molar-refractivity contribution in [1.29, 1.82) is 0 Å². The van der Waals surface area contributed by atoms with Gasteiger partial charge in [0.1, 0.15) is 5.75 Å². The topological polar surface area (TPSA) is 126 Å². The van der Waals surface area contributed by atoms with Gasteiger partial charge in [-0.2, -0.15) is 13.2 Å². The van der Waals surface area contributed by atoms with E-state index in [-0.39, 0.29) is 12.3 Å². The average molecular weight is 444 g/mol. The average Bonchev–Trinajstić information content (AvgIpc) is 2.60. The van der Waals surface area contributed by atoms with Crippen molar-refractivity contribution in [2.45, 2.75) is 19.5 Å². The Morgan fingerprint density at radius 1 is 1.18 bits per heavy atom. The van der Waals surface area contributed by atoms with Crippen molar-refractivity contribution >= 4 is 39.4 Å². The highest BCUT2D eigenvalue weighted by atomic mass is 33.1. The molecule has 0 fully saturated rings. The highest BCUT2D eigenvalue weighted by Gasteiger charge is 2.38. The highest BCUT2D eigenvalue weighted by Crippen LogP contribution is 2.21. The lowest BCUT2D eigenvalue weighted by atomic mass is 10.1. The Labute approximate surface area is 166 Å². The Bertz CT molecular complexity index is 674. The number of pyridine rings is 1. The summed E-state index contributed by atoms with van der Waals surface area (Å²) in [7, 11) is 4.57. The Hall–Kier alpha value is -2.15. The number of carboxylic acids is 2. The molecule has 0 spiro atoms. The van der Waals surface area contributed by atoms with E-state index in [0.717, 1.165) is 5.56 Å². The summed E-state index contributed by atoms with van der Waals surface area (Å²) in [5.74, 6) is -1.87. The van der Waals surface area contributed by atoms with Crippen LogP contribution in [0.4, 0.5) is 13.2 Å². The Kier molecular flexibility index (Phi) is 12.1. The fourth-order valence-electron chi connectivity index (χ4n) is 1.49. The maximum atomic E-state index is 12.0. The summed E-state index contributed by atoms with van der Waals surface area (Å²) < 4.78 is 36.9. The van der Waals surface area contributed by atoms with E-state index in [1.807, 2.05) is 6.92 Å². The van der Waals surface area contributed by atoms with Crippen molar-refractivity contribution in [3.05, 3.63) is 23.5 Å². The molecule has 1 aromatic heterocycles. The molecule has 0 unspecified atom stereocenters. The van der Waals surface area contributed by atoms with E-state index < -0.39 is 18.1 Å². The Morgan fingerprint density at radius 3 is 2.25 bits per heavy atom. The summed E-state index contributed by atoms with van der Waals surface area (Å²) in [4.78, 5) is 35.2. The van der Waals surface area contributed by atoms with Gasteiger partial charge >= 0.3 is 18.1 Å². The number of alkyl halides is 3. The maximum absolute atomic E-state index is 12.0. The number of hydrogen-bond acceptors (Lipinski definition) is 7. The lowest BCUT2D eigenvalue weighted by Gasteiger charge is -2.09. The zero-order valence-corrected chi connectivity index (χ0v) is 16.5. The Morgan fingerprint density at radius 2 is 1.75 bits per heavy atom. The number of amides is 1. The molecule has 13 heteroatoms. The van der Waals surface area contributed by atoms with Crippen molar-refractivity contribution < 1.29 is 42.5 Å². The fourth-order valence-corrected chi connectivity index (χ4v) is 3.38. The van der Waals surface area contributed by atoms with Gasteiger partial charge in [-0.05, 0) is 6.92 Å². The van der Waals surface area contributed by atoms with E-state index in [9.17, 15) is 22.8 Å². The van der Waals surface area contributed by atoms with Crippen LogP contribution in [0.15, 0.2) is 12.4 Å². The third kappa shape index (κ3) is 10.9. The van der Waals surface area contributed by atoms with Crippen LogP contribution < -0.4 is 10.1 Å². The molecule has 1 rings (SSSR count). The largest absolute Gasteiger partial charge is 0.495 e. The molecule has 158 valence electrons. The molecule has 1 aromatic rings. The molecule has 0 aromatic carbocycles. The van der Waals surface area contributed by atoms with Gasteiger partial charge < -0.3 is 20.3 Å². The molecule has 0 atom stereocenters. The van der Waals surface area contributed by atoms with E-state index in [0.29, 0.717) is 29.4 Å². The Balaban J connectivity index is 0.000000887. The molecular weight excluding hydrogens is 425 g/mol. The number of methoxy groups -OCH3 is 1. The van der Waals surface area contributed by atoms with Crippen molar-refractivity contribution in [1.82, 2.24) is 10.3 Å². The molecule has 0 radical (unpaired) electrons. The van der Waals surface area contributed by atoms with Gasteiger partial charge in [-0.1, -0.05) is 21.6 Å². The van der Waals surface area contributed by atoms with Crippen LogP contribution in [0, 0.1) is 6.92 Å². The molecule has 28 heavy (non-hydrogen) atoms. The first-order chi connectivity index (χ1) is 13.0. The first-order valence-electron chi connectivity index (χ1n) is 7.53. The lowest BCUT2D eigenvalue weighted by molar-refractivity contribution is -0.192. The molecule has 0 saturated heterocycles. The van der Waals surface area contributed by atoms with Crippen molar-refractivity contribution in [3.63, 3.8) is 0 Å². The van der Waals surface area contributed by atoms with Crippen LogP contribution in [0.25, 0.3) is 0 Å². The predicted octanol–water partition coefficient (Wildman–Crippen LogP) is 2.62. The zero-order valence-electron chi connectivity index (χ0n) is 14.9. The first kappa shape index (κ1) is 25.9. The van der Waals surface area contributed by atoms with E-state index in [4.69, 9.17) is 19.7 Å². The van der Waals surface area contributed by atoms with Gasteiger partial charge in [0.05, 0.1) is 25.3 Å². The van der Waals surface area contributed by atoms with Gasteiger partial charge in [0.2, 0.25) is 0 Å². The normalized spacial score (nSPS) is 10.5. The molecular formula is C15H19F3N2O6S2. The number of hydrogen-bond donors (Lipinski definition) is 3. The molecule has 8 nitrogen and oxygen atoms in total. The maximum Gasteiger partial charge on any atom is 0.490 e. The second kappa shape index (κ2) is 13.1. The van der Waals surface area contributed by atoms with Crippen LogP contribution in [0.5, 0.6) is 5.75 Å². The smallest absolute Gasteiger partial charge is 0.490 e. The minimum absolute atomic E-state index is 0.151. The summed E-state index contributed by atoms with van der Waals surface area (Å²) in [6, 6.07) is 0. The monoisotopic (exact) mass is 444 g/mol. The van der Waals surface area contributed by atoms with Gasteiger partial charge in [0, 0.05) is 29.8 Å². The zero-order chi connectivity index (χ0) is 21.7. The minimum Gasteiger partial charge on any atom is -0.495 e. The SMILES string of the molecule is COc1cncc(C(=O)NCCSSCCC(=O)O)c1C.O=C(O)C(F)(F)F. The molecule has 0 aliphatic heterocycles. The third-order valence-corrected chi connectivity index (χ3v) is 5.24. The van der Waals surface area contributed by atoms with Crippen LogP contribution in [0.1, 0.15) is 22.3 Å². The van der Waals surface area contributed by atoms with Gasteiger partial charge in [-0.25, -0.2) is 4.79 Å². The van der Waals surface area contributed by atoms with Crippen LogP contribution >= 0.6 is 21.6 Å². The lowest BCUT2D eigenvalue weighted by Crippen LogP contribution is -2.26. The van der Waals surface area contributed by atoms with E-state index >= 15 is 0 Å². The van der Waals surface area contributed by atoms with Crippen molar-refractivity contribution in [3.8, 4) is 5.75 Å². The number of carbonyl (C=O) groups is 3. The summed E-state index contributed by atoms with van der Waals surface area (Å²) in [5.41, 5.74) is 1.26. The second-order valence-corrected chi connectivity index (χ2v) is 7.56. The summed E-state index contributed by atoms with van der Waals surface area (Å²) in [6.07, 6.45) is -1.85. The standard InChI is InChI=1S/C13H18N2O4S2.C2HF3O2/c1-9-10(7-14-8-11(9)19-2)13(18)15-4-6-21-20-5-3-12(16)17;3-2(4,5)1(6)7/h7-8H,3-6H2,1-2H3,(H,15,18)(H,16,17);(H,6,7). The van der Waals surface area contributed by atoms with E-state index in [2.05, 4.69) is 10.3 Å². The third-order valence-electron chi connectivity index (χ3n) is 2.83. The van der Waals surface area contributed by atoms with Gasteiger partial charge in [-0.3, -0.25) is 14.6 Å². The number of nitrogens with one attached hydrogen (secondary N) is 1. The number of halogens is 3. The quantitative estimate of drug-likeness (QED) is 0.389. The second-order valence-electron chi connectivity index (χ2n) is 4.86. The summed E-state index contributed by atoms with van der Waals surface area (Å²) >= 11 is 0. The van der Waals surface area contributed by atoms with Crippen LogP contribution in [-0.4, -0.2) is 64.4 Å². The number of carboxylic acid groups (broad SMARTS) is 2. The first-order valence-corrected chi connectivity index (χ1v) is 10.0. The number of aromatic nitrogens is 1. The number of ether oxygens (including phenoxy) is 1. The van der Waals surface area contributed by atoms with Crippen LogP contribution in [0.3, 0.4) is 0 Å². The van der Waals surface area contributed by atoms with Crippen molar-refractivity contribution in [2.24, 2.45) is 0 Å². The van der Waals surface area contributed by atoms with Gasteiger partial charge in [0.15, 0.2) is 0 Å². The summed E-state index contributed by atoms with van der Waals surface area (Å²) in [5, 5.41) is 18.4. The van der Waals surface area contributed by atoms with E-state index in [1.165, 1.54) is 24.1 Å². The van der Waals surface area contributed by atoms with Crippen molar-refractivity contribution in [2.75, 3.05) is 25.2 Å². The van der Waals surface area contributed by atoms with Gasteiger partial charge in [0.25, 0.3) is 5.91 Å². The van der Waals surface area contributed by atoms with E-state index in [1.54, 1.807) is 17.0 Å².